The van der Waals surface area contributed by atoms with Gasteiger partial charge >= 0.3 is 0 Å². The summed E-state index contributed by atoms with van der Waals surface area (Å²) in [7, 11) is 0. The smallest absolute Gasteiger partial charge is 0.265 e. The molecule has 3 aromatic heterocycles. The first-order chi connectivity index (χ1) is 18.1. The van der Waals surface area contributed by atoms with Crippen molar-refractivity contribution >= 4 is 44.8 Å². The van der Waals surface area contributed by atoms with Crippen molar-refractivity contribution in [2.24, 2.45) is 0 Å². The third-order valence-corrected chi connectivity index (χ3v) is 7.07. The summed E-state index contributed by atoms with van der Waals surface area (Å²) in [6, 6.07) is 21.0. The summed E-state index contributed by atoms with van der Waals surface area (Å²) in [6.07, 6.45) is 0. The highest BCUT2D eigenvalue weighted by atomic mass is 35.5. The lowest BCUT2D eigenvalue weighted by Gasteiger charge is -2.12. The van der Waals surface area contributed by atoms with Crippen molar-refractivity contribution in [2.75, 3.05) is 6.79 Å². The molecule has 6 aromatic rings. The average molecular weight is 510 g/mol. The highest BCUT2D eigenvalue weighted by Gasteiger charge is 2.22. The van der Waals surface area contributed by atoms with E-state index in [9.17, 15) is 4.79 Å². The van der Waals surface area contributed by atoms with Crippen molar-refractivity contribution in [1.29, 1.82) is 0 Å². The van der Waals surface area contributed by atoms with Crippen LogP contribution in [0.15, 0.2) is 71.5 Å². The van der Waals surface area contributed by atoms with Gasteiger partial charge in [0.25, 0.3) is 5.56 Å². The zero-order chi connectivity index (χ0) is 25.1. The van der Waals surface area contributed by atoms with Crippen LogP contribution in [0.4, 0.5) is 0 Å². The molecule has 0 fully saturated rings. The number of nitrogens with zero attached hydrogens (tertiary/aromatic N) is 5. The van der Waals surface area contributed by atoms with Crippen molar-refractivity contribution in [2.45, 2.75) is 20.0 Å². The maximum atomic E-state index is 14.0. The minimum atomic E-state index is -0.179. The molecule has 0 saturated carbocycles. The van der Waals surface area contributed by atoms with Crippen molar-refractivity contribution < 1.29 is 9.47 Å². The highest BCUT2D eigenvalue weighted by molar-refractivity contribution is 6.31. The fourth-order valence-corrected chi connectivity index (χ4v) is 5.05. The summed E-state index contributed by atoms with van der Waals surface area (Å²) in [5.74, 6) is 1.99. The summed E-state index contributed by atoms with van der Waals surface area (Å²) in [5, 5.41) is 1.04. The summed E-state index contributed by atoms with van der Waals surface area (Å²) in [4.78, 5) is 28.7. The van der Waals surface area contributed by atoms with Crippen LogP contribution in [-0.4, -0.2) is 30.9 Å². The Morgan fingerprint density at radius 1 is 0.838 bits per heavy atom. The van der Waals surface area contributed by atoms with Gasteiger partial charge < -0.3 is 14.0 Å². The lowest BCUT2D eigenvalue weighted by molar-refractivity contribution is 0.174. The predicted octanol–water partition coefficient (Wildman–Crippen LogP) is 5.08. The molecule has 0 atom stereocenters. The Morgan fingerprint density at radius 2 is 1.59 bits per heavy atom. The molecule has 1 aliphatic rings. The lowest BCUT2D eigenvalue weighted by atomic mass is 10.2. The number of para-hydroxylation sites is 2. The van der Waals surface area contributed by atoms with Gasteiger partial charge in [-0.1, -0.05) is 48.0 Å². The Hall–Kier alpha value is -4.43. The van der Waals surface area contributed by atoms with Gasteiger partial charge in [-0.25, -0.2) is 15.0 Å². The second-order valence-corrected chi connectivity index (χ2v) is 9.41. The van der Waals surface area contributed by atoms with Crippen molar-refractivity contribution in [3.63, 3.8) is 0 Å². The lowest BCUT2D eigenvalue weighted by Crippen LogP contribution is -2.25. The molecule has 3 aromatic carbocycles. The van der Waals surface area contributed by atoms with Gasteiger partial charge in [0, 0.05) is 5.02 Å². The monoisotopic (exact) mass is 509 g/mol. The van der Waals surface area contributed by atoms with E-state index in [0.29, 0.717) is 57.6 Å². The van der Waals surface area contributed by atoms with Crippen molar-refractivity contribution in [1.82, 2.24) is 24.1 Å². The third-order valence-electron chi connectivity index (χ3n) is 6.71. The standard InChI is InChI=1S/C28H20ClN5O3/c1-16-30-26-24(28(35)33(16)14-18-6-2-3-7-19(18)29)25-27(32-21-9-5-4-8-20(21)31-25)34(26)13-17-10-11-22-23(12-17)37-15-36-22/h2-12H,13-15H2,1H3. The van der Waals surface area contributed by atoms with E-state index in [1.165, 1.54) is 0 Å². The average Bonchev–Trinajstić information content (AvgIpc) is 3.48. The first-order valence-electron chi connectivity index (χ1n) is 11.8. The number of aryl methyl sites for hydroxylation is 1. The number of fused-ring (bicyclic) bond motifs is 5. The van der Waals surface area contributed by atoms with E-state index in [2.05, 4.69) is 0 Å². The van der Waals surface area contributed by atoms with Gasteiger partial charge in [0.1, 0.15) is 16.7 Å². The van der Waals surface area contributed by atoms with Gasteiger partial charge in [-0.2, -0.15) is 0 Å². The molecule has 4 heterocycles. The van der Waals surface area contributed by atoms with Gasteiger partial charge in [0.15, 0.2) is 22.8 Å². The minimum absolute atomic E-state index is 0.179. The highest BCUT2D eigenvalue weighted by Crippen LogP contribution is 2.34. The molecule has 0 saturated heterocycles. The van der Waals surface area contributed by atoms with Crippen LogP contribution < -0.4 is 15.0 Å². The van der Waals surface area contributed by atoms with Crippen LogP contribution in [0.3, 0.4) is 0 Å². The molecule has 0 amide bonds. The Bertz CT molecular complexity index is 1930. The molecule has 0 aliphatic carbocycles. The third kappa shape index (κ3) is 3.52. The van der Waals surface area contributed by atoms with Crippen LogP contribution >= 0.6 is 11.6 Å². The van der Waals surface area contributed by atoms with E-state index in [1.807, 2.05) is 78.2 Å². The minimum Gasteiger partial charge on any atom is -0.454 e. The van der Waals surface area contributed by atoms with E-state index < -0.39 is 0 Å². The maximum absolute atomic E-state index is 14.0. The topological polar surface area (TPSA) is 84.1 Å². The van der Waals surface area contributed by atoms with Gasteiger partial charge in [-0.15, -0.1) is 0 Å². The van der Waals surface area contributed by atoms with Gasteiger partial charge in [0.05, 0.1) is 24.1 Å². The van der Waals surface area contributed by atoms with Crippen LogP contribution in [0.2, 0.25) is 5.02 Å². The van der Waals surface area contributed by atoms with Gasteiger partial charge in [-0.05, 0) is 48.4 Å². The number of halogens is 1. The maximum Gasteiger partial charge on any atom is 0.265 e. The van der Waals surface area contributed by atoms with Gasteiger partial charge in [-0.3, -0.25) is 9.36 Å². The Morgan fingerprint density at radius 3 is 2.43 bits per heavy atom. The summed E-state index contributed by atoms with van der Waals surface area (Å²) in [6.45, 7) is 2.78. The molecular weight excluding hydrogens is 490 g/mol. The fourth-order valence-electron chi connectivity index (χ4n) is 4.85. The molecule has 0 N–H and O–H groups in total. The number of rotatable bonds is 4. The molecule has 7 rings (SSSR count). The van der Waals surface area contributed by atoms with E-state index in [4.69, 9.17) is 36.0 Å². The van der Waals surface area contributed by atoms with E-state index in [1.54, 1.807) is 4.57 Å². The quantitative estimate of drug-likeness (QED) is 0.329. The van der Waals surface area contributed by atoms with Crippen LogP contribution in [0.25, 0.3) is 33.2 Å². The van der Waals surface area contributed by atoms with Crippen LogP contribution in [0, 0.1) is 6.92 Å². The molecule has 0 bridgehead atoms. The molecular formula is C28H20ClN5O3. The van der Waals surface area contributed by atoms with Crippen LogP contribution in [0.5, 0.6) is 11.5 Å². The molecule has 1 aliphatic heterocycles. The number of benzene rings is 3. The molecule has 8 nitrogen and oxygen atoms in total. The summed E-state index contributed by atoms with van der Waals surface area (Å²) < 4.78 is 14.6. The SMILES string of the molecule is Cc1nc2c(c(=O)n1Cc1ccccc1Cl)c1nc3ccccc3nc1n2Cc1ccc2c(c1)OCO2. The first-order valence-corrected chi connectivity index (χ1v) is 12.2. The number of aromatic nitrogens is 5. The number of hydrogen-bond acceptors (Lipinski definition) is 6. The molecule has 9 heteroatoms. The van der Waals surface area contributed by atoms with E-state index >= 15 is 0 Å². The second-order valence-electron chi connectivity index (χ2n) is 9.00. The normalized spacial score (nSPS) is 12.7. The molecule has 0 radical (unpaired) electrons. The summed E-state index contributed by atoms with van der Waals surface area (Å²) >= 11 is 6.41. The molecule has 182 valence electrons. The number of ether oxygens (including phenoxy) is 2. The van der Waals surface area contributed by atoms with Crippen molar-refractivity contribution in [3.8, 4) is 11.5 Å². The van der Waals surface area contributed by atoms with Crippen LogP contribution in [0.1, 0.15) is 17.0 Å². The Kier molecular flexibility index (Phi) is 4.90. The van der Waals surface area contributed by atoms with E-state index in [-0.39, 0.29) is 12.4 Å². The zero-order valence-corrected chi connectivity index (χ0v) is 20.6. The zero-order valence-electron chi connectivity index (χ0n) is 19.8. The Labute approximate surface area is 215 Å². The number of hydrogen-bond donors (Lipinski definition) is 0. The summed E-state index contributed by atoms with van der Waals surface area (Å²) in [5.41, 5.74) is 4.77. The van der Waals surface area contributed by atoms with Crippen molar-refractivity contribution in [3.05, 3.63) is 99.1 Å². The first kappa shape index (κ1) is 21.8. The molecule has 37 heavy (non-hydrogen) atoms. The van der Waals surface area contributed by atoms with Crippen LogP contribution in [-0.2, 0) is 13.1 Å². The predicted molar refractivity (Wildman–Crippen MR) is 142 cm³/mol. The molecule has 0 unspecified atom stereocenters. The van der Waals surface area contributed by atoms with E-state index in [0.717, 1.165) is 22.2 Å². The van der Waals surface area contributed by atoms with Gasteiger partial charge in [0.2, 0.25) is 6.79 Å². The fraction of sp³-hybridized carbons (Fsp3) is 0.143. The Balaban J connectivity index is 1.49. The second kappa shape index (κ2) is 8.31. The molecule has 0 spiro atoms. The largest absolute Gasteiger partial charge is 0.454 e.